The second kappa shape index (κ2) is 20.4. The fourth-order valence-electron chi connectivity index (χ4n) is 8.95. The SMILES string of the molecule is Cc1ccc(S(=O)(=O)OCC[C@H](C)C[C@H](C)C[C@H](C)C[C@H](C)C[C@H](C)C[C@H](C)C[C@H](C)CO[Si](c2ccccc2)(c2ccccc2)C(C)(C)C)cc1. The van der Waals surface area contributed by atoms with Crippen molar-refractivity contribution in [2.24, 2.45) is 41.4 Å². The summed E-state index contributed by atoms with van der Waals surface area (Å²) in [6.45, 7) is 26.7. The molecule has 0 N–H and O–H groups in total. The molecule has 0 unspecified atom stereocenters. The Morgan fingerprint density at radius 3 is 1.35 bits per heavy atom. The number of aryl methyl sites for hydroxylation is 1. The molecule has 0 radical (unpaired) electrons. The molecule has 0 heterocycles. The van der Waals surface area contributed by atoms with Crippen LogP contribution in [0.4, 0.5) is 0 Å². The zero-order valence-electron chi connectivity index (χ0n) is 34.5. The number of hydrogen-bond acceptors (Lipinski definition) is 4. The van der Waals surface area contributed by atoms with Crippen molar-refractivity contribution in [1.29, 1.82) is 0 Å². The first kappa shape index (κ1) is 44.1. The van der Waals surface area contributed by atoms with Gasteiger partial charge in [0, 0.05) is 6.61 Å². The molecule has 0 aromatic heterocycles. The average molecular weight is 749 g/mol. The molecule has 0 fully saturated rings. The van der Waals surface area contributed by atoms with Crippen molar-refractivity contribution >= 4 is 28.8 Å². The molecule has 52 heavy (non-hydrogen) atoms. The Balaban J connectivity index is 1.41. The summed E-state index contributed by atoms with van der Waals surface area (Å²) in [6, 6.07) is 28.8. The maximum absolute atomic E-state index is 12.5. The largest absolute Gasteiger partial charge is 0.407 e. The summed E-state index contributed by atoms with van der Waals surface area (Å²) in [7, 11) is -6.20. The van der Waals surface area contributed by atoms with Gasteiger partial charge in [0.1, 0.15) is 0 Å². The third-order valence-corrected chi connectivity index (χ3v) is 17.3. The average Bonchev–Trinajstić information content (AvgIpc) is 3.05. The van der Waals surface area contributed by atoms with E-state index in [4.69, 9.17) is 8.61 Å². The zero-order valence-corrected chi connectivity index (χ0v) is 36.3. The highest BCUT2D eigenvalue weighted by atomic mass is 32.2. The Hall–Kier alpha value is -2.25. The van der Waals surface area contributed by atoms with Crippen LogP contribution in [0.5, 0.6) is 0 Å². The van der Waals surface area contributed by atoms with Gasteiger partial charge in [-0.25, -0.2) is 0 Å². The van der Waals surface area contributed by atoms with Gasteiger partial charge in [-0.2, -0.15) is 8.42 Å². The molecule has 0 aliphatic rings. The van der Waals surface area contributed by atoms with Gasteiger partial charge in [0.25, 0.3) is 18.4 Å². The fraction of sp³-hybridized carbons (Fsp3) is 0.609. The molecular formula is C46H72O4SSi. The normalized spacial score (nSPS) is 16.8. The van der Waals surface area contributed by atoms with Crippen molar-refractivity contribution in [3.63, 3.8) is 0 Å². The molecule has 3 aromatic carbocycles. The topological polar surface area (TPSA) is 52.6 Å². The van der Waals surface area contributed by atoms with Gasteiger partial charge in [-0.3, -0.25) is 4.18 Å². The Morgan fingerprint density at radius 1 is 0.558 bits per heavy atom. The predicted octanol–water partition coefficient (Wildman–Crippen LogP) is 11.5. The predicted molar refractivity (Wildman–Crippen MR) is 224 cm³/mol. The molecule has 3 aromatic rings. The highest BCUT2D eigenvalue weighted by molar-refractivity contribution is 7.86. The monoisotopic (exact) mass is 748 g/mol. The lowest BCUT2D eigenvalue weighted by molar-refractivity contribution is 0.209. The first-order valence-electron chi connectivity index (χ1n) is 20.1. The van der Waals surface area contributed by atoms with Gasteiger partial charge in [0.05, 0.1) is 11.5 Å². The van der Waals surface area contributed by atoms with Crippen molar-refractivity contribution in [1.82, 2.24) is 0 Å². The van der Waals surface area contributed by atoms with Crippen LogP contribution in [0.2, 0.25) is 5.04 Å². The molecule has 0 saturated heterocycles. The van der Waals surface area contributed by atoms with Gasteiger partial charge >= 0.3 is 0 Å². The van der Waals surface area contributed by atoms with Crippen molar-refractivity contribution in [2.75, 3.05) is 13.2 Å². The first-order valence-corrected chi connectivity index (χ1v) is 23.5. The lowest BCUT2D eigenvalue weighted by Gasteiger charge is -2.43. The minimum absolute atomic E-state index is 0.00126. The third-order valence-electron chi connectivity index (χ3n) is 11.0. The maximum atomic E-state index is 12.5. The smallest absolute Gasteiger partial charge is 0.296 e. The second-order valence-electron chi connectivity index (χ2n) is 18.0. The number of benzene rings is 3. The maximum Gasteiger partial charge on any atom is 0.296 e. The van der Waals surface area contributed by atoms with Crippen LogP contribution < -0.4 is 10.4 Å². The van der Waals surface area contributed by atoms with Crippen LogP contribution in [0.25, 0.3) is 0 Å². The first-order chi connectivity index (χ1) is 24.4. The molecule has 7 atom stereocenters. The third kappa shape index (κ3) is 13.6. The van der Waals surface area contributed by atoms with Gasteiger partial charge < -0.3 is 4.43 Å². The van der Waals surface area contributed by atoms with Gasteiger partial charge in [0.2, 0.25) is 0 Å². The van der Waals surface area contributed by atoms with Crippen LogP contribution in [0.3, 0.4) is 0 Å². The molecule has 4 nitrogen and oxygen atoms in total. The Kier molecular flexibility index (Phi) is 17.3. The van der Waals surface area contributed by atoms with E-state index in [1.165, 1.54) is 42.5 Å². The van der Waals surface area contributed by atoms with E-state index in [1.807, 2.05) is 6.92 Å². The van der Waals surface area contributed by atoms with Gasteiger partial charge in [-0.1, -0.05) is 148 Å². The summed E-state index contributed by atoms with van der Waals surface area (Å²) in [4.78, 5) is 0.234. The standard InChI is InChI=1S/C46H72O4SSi/c1-35-22-24-43(25-23-35)51(47,48)49-27-26-36(2)28-37(3)29-38(4)30-39(5)31-40(6)32-41(7)33-42(8)34-50-52(46(9,10)11,44-18-14-12-15-19-44)45-20-16-13-17-21-45/h12-25,36-42H,26-34H2,1-11H3/t36-,37-,38-,39-,40-,41-,42-/m0/s1. The minimum Gasteiger partial charge on any atom is -0.407 e. The molecule has 0 bridgehead atoms. The highest BCUT2D eigenvalue weighted by Crippen LogP contribution is 2.37. The number of hydrogen-bond donors (Lipinski definition) is 0. The molecule has 0 aliphatic carbocycles. The summed E-state index contributed by atoms with van der Waals surface area (Å²) in [5.74, 6) is 4.28. The van der Waals surface area contributed by atoms with Crippen LogP contribution in [0, 0.1) is 48.3 Å². The van der Waals surface area contributed by atoms with Crippen molar-refractivity contribution < 1.29 is 17.0 Å². The summed E-state index contributed by atoms with van der Waals surface area (Å²) in [5, 5.41) is 2.71. The Morgan fingerprint density at radius 2 is 0.942 bits per heavy atom. The highest BCUT2D eigenvalue weighted by Gasteiger charge is 2.50. The molecule has 0 spiro atoms. The van der Waals surface area contributed by atoms with E-state index in [-0.39, 0.29) is 16.5 Å². The molecule has 0 amide bonds. The Bertz CT molecular complexity index is 1500. The van der Waals surface area contributed by atoms with Gasteiger partial charge in [0.15, 0.2) is 0 Å². The molecule has 290 valence electrons. The lowest BCUT2D eigenvalue weighted by atomic mass is 9.81. The van der Waals surface area contributed by atoms with E-state index in [0.717, 1.165) is 25.0 Å². The van der Waals surface area contributed by atoms with Crippen molar-refractivity contribution in [2.45, 2.75) is 131 Å². The van der Waals surface area contributed by atoms with E-state index >= 15 is 0 Å². The summed E-state index contributed by atoms with van der Waals surface area (Å²) < 4.78 is 37.7. The molecule has 0 saturated carbocycles. The fourth-order valence-corrected chi connectivity index (χ4v) is 14.6. The zero-order chi connectivity index (χ0) is 38.5. The van der Waals surface area contributed by atoms with Crippen molar-refractivity contribution in [3.8, 4) is 0 Å². The quantitative estimate of drug-likeness (QED) is 0.0758. The molecular weight excluding hydrogens is 677 g/mol. The molecule has 3 rings (SSSR count). The summed E-state index contributed by atoms with van der Waals surface area (Å²) >= 11 is 0. The summed E-state index contributed by atoms with van der Waals surface area (Å²) in [6.07, 6.45) is 8.05. The molecule has 0 aliphatic heterocycles. The van der Waals surface area contributed by atoms with Crippen LogP contribution in [0.1, 0.15) is 120 Å². The number of rotatable bonds is 22. The molecule has 6 heteroatoms. The second-order valence-corrected chi connectivity index (χ2v) is 23.9. The summed E-state index contributed by atoms with van der Waals surface area (Å²) in [5.41, 5.74) is 1.03. The van der Waals surface area contributed by atoms with E-state index in [0.29, 0.717) is 41.4 Å². The van der Waals surface area contributed by atoms with Crippen LogP contribution in [-0.2, 0) is 18.7 Å². The van der Waals surface area contributed by atoms with Gasteiger partial charge in [-0.15, -0.1) is 0 Å². The van der Waals surface area contributed by atoms with E-state index in [9.17, 15) is 8.42 Å². The van der Waals surface area contributed by atoms with Crippen LogP contribution in [0.15, 0.2) is 89.8 Å². The lowest BCUT2D eigenvalue weighted by Crippen LogP contribution is -2.66. The Labute approximate surface area is 320 Å². The van der Waals surface area contributed by atoms with E-state index < -0.39 is 18.4 Å². The van der Waals surface area contributed by atoms with Gasteiger partial charge in [-0.05, 0) is 121 Å². The van der Waals surface area contributed by atoms with E-state index in [1.54, 1.807) is 24.3 Å². The van der Waals surface area contributed by atoms with Crippen molar-refractivity contribution in [3.05, 3.63) is 90.5 Å². The minimum atomic E-state index is -3.69. The van der Waals surface area contributed by atoms with Crippen LogP contribution in [-0.4, -0.2) is 29.9 Å². The van der Waals surface area contributed by atoms with Crippen LogP contribution >= 0.6 is 0 Å². The van der Waals surface area contributed by atoms with E-state index in [2.05, 4.69) is 130 Å².